The third-order valence-corrected chi connectivity index (χ3v) is 3.70. The van der Waals surface area contributed by atoms with Gasteiger partial charge in [0, 0.05) is 11.6 Å². The molecule has 20 heavy (non-hydrogen) atoms. The molecular formula is C14H22N4O2. The van der Waals surface area contributed by atoms with Crippen molar-refractivity contribution in [2.24, 2.45) is 5.92 Å². The van der Waals surface area contributed by atoms with Gasteiger partial charge in [0.05, 0.1) is 5.69 Å². The normalized spacial score (nSPS) is 15.9. The Morgan fingerprint density at radius 2 is 1.95 bits per heavy atom. The lowest BCUT2D eigenvalue weighted by molar-refractivity contribution is -0.132. The highest BCUT2D eigenvalue weighted by Gasteiger charge is 2.21. The van der Waals surface area contributed by atoms with Crippen LogP contribution in [0.2, 0.25) is 0 Å². The smallest absolute Gasteiger partial charge is 0.260 e. The quantitative estimate of drug-likeness (QED) is 0.816. The average molecular weight is 278 g/mol. The van der Waals surface area contributed by atoms with Crippen LogP contribution in [0.3, 0.4) is 0 Å². The fourth-order valence-corrected chi connectivity index (χ4v) is 2.61. The predicted molar refractivity (Wildman–Crippen MR) is 74.6 cm³/mol. The number of amides is 2. The second kappa shape index (κ2) is 6.54. The van der Waals surface area contributed by atoms with Gasteiger partial charge >= 0.3 is 0 Å². The third-order valence-electron chi connectivity index (χ3n) is 3.70. The van der Waals surface area contributed by atoms with E-state index >= 15 is 0 Å². The molecule has 1 aliphatic carbocycles. The van der Waals surface area contributed by atoms with Gasteiger partial charge < -0.3 is 0 Å². The Hall–Kier alpha value is -1.85. The van der Waals surface area contributed by atoms with E-state index in [0.717, 1.165) is 37.1 Å². The molecule has 0 radical (unpaired) electrons. The lowest BCUT2D eigenvalue weighted by atomic mass is 9.89. The van der Waals surface area contributed by atoms with Gasteiger partial charge in [0.25, 0.3) is 5.91 Å². The number of hydrogen-bond donors (Lipinski definition) is 2. The average Bonchev–Trinajstić information content (AvgIpc) is 2.75. The van der Waals surface area contributed by atoms with Gasteiger partial charge in [-0.1, -0.05) is 19.3 Å². The first-order chi connectivity index (χ1) is 9.56. The molecule has 2 rings (SSSR count). The number of hydrazine groups is 1. The second-order valence-corrected chi connectivity index (χ2v) is 5.46. The van der Waals surface area contributed by atoms with E-state index in [1.165, 1.54) is 6.42 Å². The first-order valence-corrected chi connectivity index (χ1v) is 7.16. The summed E-state index contributed by atoms with van der Waals surface area (Å²) in [5.41, 5.74) is 6.79. The number of aryl methyl sites for hydroxylation is 2. The van der Waals surface area contributed by atoms with Crippen LogP contribution in [0, 0.1) is 19.8 Å². The molecule has 1 fully saturated rings. The summed E-state index contributed by atoms with van der Waals surface area (Å²) in [6.07, 6.45) is 5.22. The first kappa shape index (κ1) is 14.6. The van der Waals surface area contributed by atoms with Gasteiger partial charge in [0.2, 0.25) is 5.91 Å². The molecule has 1 saturated carbocycles. The highest BCUT2D eigenvalue weighted by Crippen LogP contribution is 2.23. The number of aromatic nitrogens is 2. The van der Waals surface area contributed by atoms with E-state index in [9.17, 15) is 9.59 Å². The van der Waals surface area contributed by atoms with Crippen LogP contribution in [-0.4, -0.2) is 21.6 Å². The van der Waals surface area contributed by atoms with E-state index in [0.29, 0.717) is 0 Å². The van der Waals surface area contributed by atoms with E-state index in [1.807, 2.05) is 19.9 Å². The molecule has 0 saturated heterocycles. The molecular weight excluding hydrogens is 256 g/mol. The van der Waals surface area contributed by atoms with E-state index in [-0.39, 0.29) is 24.3 Å². The van der Waals surface area contributed by atoms with Crippen LogP contribution < -0.4 is 10.9 Å². The zero-order valence-corrected chi connectivity index (χ0v) is 12.1. The molecule has 0 atom stereocenters. The van der Waals surface area contributed by atoms with Crippen LogP contribution >= 0.6 is 0 Å². The molecule has 0 aliphatic heterocycles. The minimum absolute atomic E-state index is 0.0396. The highest BCUT2D eigenvalue weighted by atomic mass is 16.2. The second-order valence-electron chi connectivity index (χ2n) is 5.46. The Balaban J connectivity index is 1.77. The summed E-state index contributed by atoms with van der Waals surface area (Å²) < 4.78 is 1.62. The van der Waals surface area contributed by atoms with E-state index in [2.05, 4.69) is 16.0 Å². The van der Waals surface area contributed by atoms with Crippen LogP contribution in [0.4, 0.5) is 0 Å². The summed E-state index contributed by atoms with van der Waals surface area (Å²) in [4.78, 5) is 23.7. The summed E-state index contributed by atoms with van der Waals surface area (Å²) in [5.74, 6) is -0.301. The molecule has 6 nitrogen and oxygen atoms in total. The molecule has 110 valence electrons. The van der Waals surface area contributed by atoms with Crippen LogP contribution in [0.1, 0.15) is 43.5 Å². The van der Waals surface area contributed by atoms with Gasteiger partial charge in [-0.25, -0.2) is 0 Å². The van der Waals surface area contributed by atoms with Gasteiger partial charge in [0.15, 0.2) is 0 Å². The molecule has 2 amide bonds. The van der Waals surface area contributed by atoms with E-state index in [1.54, 1.807) is 4.68 Å². The number of nitrogens with zero attached hydrogens (tertiary/aromatic N) is 2. The third kappa shape index (κ3) is 3.82. The zero-order chi connectivity index (χ0) is 14.5. The van der Waals surface area contributed by atoms with Crippen molar-refractivity contribution < 1.29 is 9.59 Å². The molecule has 0 aromatic carbocycles. The highest BCUT2D eigenvalue weighted by molar-refractivity contribution is 5.83. The minimum atomic E-state index is -0.264. The molecule has 1 aromatic heterocycles. The van der Waals surface area contributed by atoms with Crippen molar-refractivity contribution in [2.45, 2.75) is 52.5 Å². The number of carbonyl (C=O) groups is 2. The van der Waals surface area contributed by atoms with Crippen molar-refractivity contribution in [3.05, 3.63) is 17.5 Å². The van der Waals surface area contributed by atoms with E-state index in [4.69, 9.17) is 0 Å². The monoisotopic (exact) mass is 278 g/mol. The van der Waals surface area contributed by atoms with E-state index < -0.39 is 0 Å². The predicted octanol–water partition coefficient (Wildman–Crippen LogP) is 1.23. The number of nitrogens with one attached hydrogen (secondary N) is 2. The molecule has 0 bridgehead atoms. The molecule has 2 N–H and O–H groups in total. The molecule has 1 aliphatic rings. The van der Waals surface area contributed by atoms with Gasteiger partial charge in [-0.15, -0.1) is 0 Å². The summed E-state index contributed by atoms with van der Waals surface area (Å²) >= 11 is 0. The molecule has 6 heteroatoms. The number of hydrogen-bond acceptors (Lipinski definition) is 3. The van der Waals surface area contributed by atoms with Crippen molar-refractivity contribution in [2.75, 3.05) is 0 Å². The van der Waals surface area contributed by atoms with Gasteiger partial charge in [-0.05, 0) is 32.8 Å². The van der Waals surface area contributed by atoms with Gasteiger partial charge in [-0.3, -0.25) is 25.1 Å². The van der Waals surface area contributed by atoms with Crippen LogP contribution in [0.5, 0.6) is 0 Å². The summed E-state index contributed by atoms with van der Waals surface area (Å²) in [7, 11) is 0. The van der Waals surface area contributed by atoms with Crippen LogP contribution in [-0.2, 0) is 16.1 Å². The van der Waals surface area contributed by atoms with Crippen molar-refractivity contribution in [1.82, 2.24) is 20.6 Å². The lowest BCUT2D eigenvalue weighted by Crippen LogP contribution is -2.46. The number of rotatable bonds is 3. The number of carbonyl (C=O) groups excluding carboxylic acids is 2. The maximum atomic E-state index is 11.9. The maximum absolute atomic E-state index is 11.9. The Labute approximate surface area is 118 Å². The Morgan fingerprint density at radius 1 is 1.25 bits per heavy atom. The van der Waals surface area contributed by atoms with Gasteiger partial charge in [-0.2, -0.15) is 5.10 Å². The lowest BCUT2D eigenvalue weighted by Gasteiger charge is -2.20. The fraction of sp³-hybridized carbons (Fsp3) is 0.643. The SMILES string of the molecule is Cc1cc(C)n(CC(=O)NNC(=O)C2CCCCC2)n1. The summed E-state index contributed by atoms with van der Waals surface area (Å²) in [6.45, 7) is 3.89. The van der Waals surface area contributed by atoms with Crippen LogP contribution in [0.25, 0.3) is 0 Å². The van der Waals surface area contributed by atoms with Crippen molar-refractivity contribution in [3.63, 3.8) is 0 Å². The standard InChI is InChI=1S/C14H22N4O2/c1-10-8-11(2)18(17-10)9-13(19)15-16-14(20)12-6-4-3-5-7-12/h8,12H,3-7,9H2,1-2H3,(H,15,19)(H,16,20). The maximum Gasteiger partial charge on any atom is 0.260 e. The molecule has 0 unspecified atom stereocenters. The Bertz CT molecular complexity index is 489. The summed E-state index contributed by atoms with van der Waals surface area (Å²) in [5, 5.41) is 4.21. The Morgan fingerprint density at radius 3 is 2.55 bits per heavy atom. The fourth-order valence-electron chi connectivity index (χ4n) is 2.61. The van der Waals surface area contributed by atoms with Crippen molar-refractivity contribution in [1.29, 1.82) is 0 Å². The van der Waals surface area contributed by atoms with Crippen LogP contribution in [0.15, 0.2) is 6.07 Å². The molecule has 1 aromatic rings. The topological polar surface area (TPSA) is 76.0 Å². The largest absolute Gasteiger partial charge is 0.273 e. The minimum Gasteiger partial charge on any atom is -0.273 e. The Kier molecular flexibility index (Phi) is 4.76. The van der Waals surface area contributed by atoms with Gasteiger partial charge in [0.1, 0.15) is 6.54 Å². The first-order valence-electron chi connectivity index (χ1n) is 7.16. The van der Waals surface area contributed by atoms with Crippen molar-refractivity contribution >= 4 is 11.8 Å². The molecule has 0 spiro atoms. The summed E-state index contributed by atoms with van der Waals surface area (Å²) in [6, 6.07) is 1.91. The molecule has 1 heterocycles. The zero-order valence-electron chi connectivity index (χ0n) is 12.1. The van der Waals surface area contributed by atoms with Crippen molar-refractivity contribution in [3.8, 4) is 0 Å².